The number of carboxylic acids is 1. The van der Waals surface area contributed by atoms with Crippen LogP contribution < -0.4 is 0 Å². The largest absolute Gasteiger partial charge is 0.481 e. The fourth-order valence-electron chi connectivity index (χ4n) is 1.20. The van der Waals surface area contributed by atoms with Gasteiger partial charge < -0.3 is 5.11 Å². The molecule has 0 radical (unpaired) electrons. The van der Waals surface area contributed by atoms with E-state index >= 15 is 0 Å². The first kappa shape index (κ1) is 14.4. The van der Waals surface area contributed by atoms with Gasteiger partial charge in [0.15, 0.2) is 9.84 Å². The highest BCUT2D eigenvalue weighted by Gasteiger charge is 2.35. The smallest absolute Gasteiger partial charge is 0.307 e. The lowest BCUT2D eigenvalue weighted by Crippen LogP contribution is -2.38. The Kier molecular flexibility index (Phi) is 4.77. The highest BCUT2D eigenvalue weighted by molar-refractivity contribution is 7.92. The molecular weight excluding hydrogens is 216 g/mol. The molecule has 0 aliphatic rings. The maximum Gasteiger partial charge on any atom is 0.307 e. The highest BCUT2D eigenvalue weighted by atomic mass is 32.2. The summed E-state index contributed by atoms with van der Waals surface area (Å²) in [6, 6.07) is 0. The van der Waals surface area contributed by atoms with Crippen LogP contribution in [0.4, 0.5) is 0 Å². The topological polar surface area (TPSA) is 71.4 Å². The van der Waals surface area contributed by atoms with Gasteiger partial charge in [0, 0.05) is 0 Å². The fourth-order valence-corrected chi connectivity index (χ4v) is 3.32. The van der Waals surface area contributed by atoms with E-state index in [1.165, 1.54) is 13.8 Å². The molecule has 0 saturated heterocycles. The molecular formula is C10H20O4S. The number of sulfone groups is 1. The van der Waals surface area contributed by atoms with E-state index in [1.807, 2.05) is 13.8 Å². The molecule has 0 aliphatic carbocycles. The maximum absolute atomic E-state index is 12.0. The minimum Gasteiger partial charge on any atom is -0.481 e. The third-order valence-corrected chi connectivity index (χ3v) is 6.09. The van der Waals surface area contributed by atoms with Gasteiger partial charge in [-0.1, -0.05) is 20.8 Å². The summed E-state index contributed by atoms with van der Waals surface area (Å²) in [5.74, 6) is -1.93. The van der Waals surface area contributed by atoms with E-state index in [0.717, 1.165) is 0 Å². The van der Waals surface area contributed by atoms with Gasteiger partial charge in [0.2, 0.25) is 0 Å². The lowest BCUT2D eigenvalue weighted by molar-refractivity contribution is -0.141. The van der Waals surface area contributed by atoms with Gasteiger partial charge in [-0.3, -0.25) is 4.79 Å². The summed E-state index contributed by atoms with van der Waals surface area (Å²) in [7, 11) is -3.36. The van der Waals surface area contributed by atoms with Crippen molar-refractivity contribution in [1.82, 2.24) is 0 Å². The Morgan fingerprint density at radius 1 is 1.00 bits per heavy atom. The summed E-state index contributed by atoms with van der Waals surface area (Å²) in [6.45, 7) is 8.16. The van der Waals surface area contributed by atoms with E-state index in [-0.39, 0.29) is 5.92 Å². The quantitative estimate of drug-likeness (QED) is 0.786. The molecule has 0 aliphatic heterocycles. The lowest BCUT2D eigenvalue weighted by atomic mass is 10.1. The standard InChI is InChI=1S/C10H20O4S/c1-6(2)8(4)15(13,14)9(5)7(3)10(11)12/h6-9H,1-5H3,(H,11,12). The van der Waals surface area contributed by atoms with Crippen LogP contribution in [0.25, 0.3) is 0 Å². The molecule has 3 atom stereocenters. The molecule has 1 N–H and O–H groups in total. The first-order chi connectivity index (χ1) is 6.62. The normalized spacial score (nSPS) is 18.5. The van der Waals surface area contributed by atoms with Crippen LogP contribution in [0.1, 0.15) is 34.6 Å². The second kappa shape index (κ2) is 4.96. The number of hydrogen-bond donors (Lipinski definition) is 1. The zero-order chi connectivity index (χ0) is 12.4. The predicted molar refractivity (Wildman–Crippen MR) is 59.5 cm³/mol. The minimum atomic E-state index is -3.36. The van der Waals surface area contributed by atoms with Crippen molar-refractivity contribution in [2.45, 2.75) is 45.1 Å². The molecule has 0 fully saturated rings. The molecule has 0 rings (SSSR count). The van der Waals surface area contributed by atoms with E-state index in [9.17, 15) is 13.2 Å². The molecule has 5 heteroatoms. The number of rotatable bonds is 5. The zero-order valence-corrected chi connectivity index (χ0v) is 10.7. The van der Waals surface area contributed by atoms with Crippen molar-refractivity contribution in [3.63, 3.8) is 0 Å². The average Bonchev–Trinajstić information content (AvgIpc) is 2.13. The van der Waals surface area contributed by atoms with Crippen molar-refractivity contribution in [2.75, 3.05) is 0 Å². The second-order valence-corrected chi connectivity index (χ2v) is 7.04. The molecule has 15 heavy (non-hydrogen) atoms. The van der Waals surface area contributed by atoms with Gasteiger partial charge >= 0.3 is 5.97 Å². The molecule has 0 spiro atoms. The summed E-state index contributed by atoms with van der Waals surface area (Å²) in [4.78, 5) is 10.7. The van der Waals surface area contributed by atoms with E-state index < -0.39 is 32.2 Å². The number of carboxylic acid groups (broad SMARTS) is 1. The Hall–Kier alpha value is -0.580. The third kappa shape index (κ3) is 3.19. The summed E-state index contributed by atoms with van der Waals surface area (Å²) in [5, 5.41) is 7.43. The Labute approximate surface area is 91.6 Å². The zero-order valence-electron chi connectivity index (χ0n) is 9.89. The molecule has 0 aromatic heterocycles. The number of hydrogen-bond acceptors (Lipinski definition) is 3. The van der Waals surface area contributed by atoms with Crippen molar-refractivity contribution >= 4 is 15.8 Å². The van der Waals surface area contributed by atoms with Crippen molar-refractivity contribution in [3.05, 3.63) is 0 Å². The van der Waals surface area contributed by atoms with Gasteiger partial charge in [-0.25, -0.2) is 8.42 Å². The van der Waals surface area contributed by atoms with Crippen LogP contribution >= 0.6 is 0 Å². The van der Waals surface area contributed by atoms with Crippen LogP contribution in [0, 0.1) is 11.8 Å². The highest BCUT2D eigenvalue weighted by Crippen LogP contribution is 2.21. The SMILES string of the molecule is CC(C)C(C)S(=O)(=O)C(C)C(C)C(=O)O. The Morgan fingerprint density at radius 3 is 1.67 bits per heavy atom. The minimum absolute atomic E-state index is 0.00144. The molecule has 0 aromatic rings. The van der Waals surface area contributed by atoms with Gasteiger partial charge in [0.05, 0.1) is 16.4 Å². The van der Waals surface area contributed by atoms with E-state index in [2.05, 4.69) is 0 Å². The predicted octanol–water partition coefficient (Wildman–Crippen LogP) is 1.55. The summed E-state index contributed by atoms with van der Waals surface area (Å²) >= 11 is 0. The summed E-state index contributed by atoms with van der Waals surface area (Å²) in [6.07, 6.45) is 0. The van der Waals surface area contributed by atoms with Crippen LogP contribution in [0.3, 0.4) is 0 Å². The Morgan fingerprint density at radius 2 is 1.40 bits per heavy atom. The van der Waals surface area contributed by atoms with Gasteiger partial charge in [0.1, 0.15) is 0 Å². The second-order valence-electron chi connectivity index (χ2n) is 4.37. The summed E-state index contributed by atoms with van der Waals surface area (Å²) in [5.41, 5.74) is 0. The molecule has 0 saturated carbocycles. The van der Waals surface area contributed by atoms with E-state index in [0.29, 0.717) is 0 Å². The van der Waals surface area contributed by atoms with E-state index in [1.54, 1.807) is 6.92 Å². The van der Waals surface area contributed by atoms with Crippen LogP contribution in [-0.4, -0.2) is 30.0 Å². The van der Waals surface area contributed by atoms with Crippen molar-refractivity contribution in [1.29, 1.82) is 0 Å². The van der Waals surface area contributed by atoms with Crippen LogP contribution in [0.5, 0.6) is 0 Å². The first-order valence-electron chi connectivity index (χ1n) is 5.07. The van der Waals surface area contributed by atoms with Gasteiger partial charge in [-0.15, -0.1) is 0 Å². The number of aliphatic carboxylic acids is 1. The van der Waals surface area contributed by atoms with Crippen molar-refractivity contribution in [3.8, 4) is 0 Å². The van der Waals surface area contributed by atoms with Crippen LogP contribution in [0.2, 0.25) is 0 Å². The van der Waals surface area contributed by atoms with Gasteiger partial charge in [-0.05, 0) is 19.8 Å². The molecule has 0 aromatic carbocycles. The fraction of sp³-hybridized carbons (Fsp3) is 0.900. The lowest BCUT2D eigenvalue weighted by Gasteiger charge is -2.23. The molecule has 0 amide bonds. The van der Waals surface area contributed by atoms with E-state index in [4.69, 9.17) is 5.11 Å². The maximum atomic E-state index is 12.0. The van der Waals surface area contributed by atoms with Crippen molar-refractivity contribution < 1.29 is 18.3 Å². The molecule has 90 valence electrons. The average molecular weight is 236 g/mol. The van der Waals surface area contributed by atoms with Crippen LogP contribution in [-0.2, 0) is 14.6 Å². The Balaban J connectivity index is 4.97. The van der Waals surface area contributed by atoms with Crippen LogP contribution in [0.15, 0.2) is 0 Å². The van der Waals surface area contributed by atoms with Gasteiger partial charge in [-0.2, -0.15) is 0 Å². The third-order valence-electron chi connectivity index (χ3n) is 3.07. The molecule has 0 bridgehead atoms. The molecule has 4 nitrogen and oxygen atoms in total. The first-order valence-corrected chi connectivity index (χ1v) is 6.68. The Bertz CT molecular complexity index is 318. The molecule has 3 unspecified atom stereocenters. The number of carbonyl (C=O) groups is 1. The van der Waals surface area contributed by atoms with Gasteiger partial charge in [0.25, 0.3) is 0 Å². The monoisotopic (exact) mass is 236 g/mol. The van der Waals surface area contributed by atoms with Crippen molar-refractivity contribution in [2.24, 2.45) is 11.8 Å². The summed E-state index contributed by atoms with van der Waals surface area (Å²) < 4.78 is 23.9. The molecule has 0 heterocycles.